The quantitative estimate of drug-likeness (QED) is 0.162. The molecular formula is C34H32N6O6S. The maximum atomic E-state index is 13.5. The summed E-state index contributed by atoms with van der Waals surface area (Å²) in [5.74, 6) is -0.422. The fourth-order valence-corrected chi connectivity index (χ4v) is 7.49. The zero-order valence-corrected chi connectivity index (χ0v) is 26.2. The Morgan fingerprint density at radius 3 is 2.66 bits per heavy atom. The van der Waals surface area contributed by atoms with Gasteiger partial charge in [0, 0.05) is 67.7 Å². The Balaban J connectivity index is 1.15. The number of piperazine rings is 1. The highest BCUT2D eigenvalue weighted by Crippen LogP contribution is 2.36. The van der Waals surface area contributed by atoms with E-state index in [1.54, 1.807) is 24.4 Å². The molecular weight excluding hydrogens is 620 g/mol. The molecule has 1 aliphatic carbocycles. The molecule has 13 heteroatoms. The molecule has 1 aliphatic heterocycles. The number of rotatable bonds is 8. The van der Waals surface area contributed by atoms with Gasteiger partial charge in [0.1, 0.15) is 17.1 Å². The summed E-state index contributed by atoms with van der Waals surface area (Å²) in [6.45, 7) is 3.27. The predicted octanol–water partition coefficient (Wildman–Crippen LogP) is 5.58. The molecule has 0 spiro atoms. The number of nitrogens with zero attached hydrogens (tertiary/aromatic N) is 4. The zero-order chi connectivity index (χ0) is 32.5. The van der Waals surface area contributed by atoms with Crippen molar-refractivity contribution >= 4 is 38.3 Å². The van der Waals surface area contributed by atoms with Crippen molar-refractivity contribution in [3.05, 3.63) is 118 Å². The predicted molar refractivity (Wildman–Crippen MR) is 176 cm³/mol. The van der Waals surface area contributed by atoms with Crippen LogP contribution in [0.4, 0.5) is 11.4 Å². The van der Waals surface area contributed by atoms with Crippen molar-refractivity contribution in [3.8, 4) is 11.5 Å². The molecule has 2 aromatic heterocycles. The maximum Gasteiger partial charge on any atom is 0.270 e. The van der Waals surface area contributed by atoms with Crippen LogP contribution in [0.25, 0.3) is 11.0 Å². The van der Waals surface area contributed by atoms with E-state index in [1.807, 2.05) is 10.8 Å². The third-order valence-corrected chi connectivity index (χ3v) is 10.2. The number of aromatic amines is 1. The summed E-state index contributed by atoms with van der Waals surface area (Å²) in [6, 6.07) is 22.3. The third kappa shape index (κ3) is 6.27. The summed E-state index contributed by atoms with van der Waals surface area (Å²) >= 11 is 0. The van der Waals surface area contributed by atoms with E-state index in [0.29, 0.717) is 17.4 Å². The van der Waals surface area contributed by atoms with Crippen LogP contribution in [0.5, 0.6) is 11.5 Å². The topological polar surface area (TPSA) is 151 Å². The molecule has 1 atom stereocenters. The van der Waals surface area contributed by atoms with Gasteiger partial charge in [0.2, 0.25) is 0 Å². The van der Waals surface area contributed by atoms with E-state index in [1.165, 1.54) is 48.0 Å². The van der Waals surface area contributed by atoms with E-state index in [0.717, 1.165) is 56.2 Å². The van der Waals surface area contributed by atoms with Crippen LogP contribution in [-0.2, 0) is 16.4 Å². The number of pyridine rings is 1. The first kappa shape index (κ1) is 30.4. The number of H-pyrrole nitrogens is 1. The number of benzene rings is 3. The summed E-state index contributed by atoms with van der Waals surface area (Å²) in [5, 5.41) is 12.0. The highest BCUT2D eigenvalue weighted by molar-refractivity contribution is 7.90. The van der Waals surface area contributed by atoms with Gasteiger partial charge in [-0.25, -0.2) is 18.1 Å². The van der Waals surface area contributed by atoms with Crippen LogP contribution in [0.3, 0.4) is 0 Å². The summed E-state index contributed by atoms with van der Waals surface area (Å²) in [6.07, 6.45) is 6.71. The smallest absolute Gasteiger partial charge is 0.270 e. The molecule has 47 heavy (non-hydrogen) atoms. The molecule has 7 rings (SSSR count). The number of hydrogen-bond acceptors (Lipinski definition) is 9. The molecule has 2 aliphatic rings. The molecule has 5 aromatic rings. The minimum atomic E-state index is -4.44. The van der Waals surface area contributed by atoms with E-state index >= 15 is 0 Å². The number of non-ortho nitro benzene ring substituents is 1. The van der Waals surface area contributed by atoms with E-state index in [9.17, 15) is 23.3 Å². The lowest BCUT2D eigenvalue weighted by Gasteiger charge is -2.42. The van der Waals surface area contributed by atoms with Gasteiger partial charge in [0.15, 0.2) is 0 Å². The van der Waals surface area contributed by atoms with Gasteiger partial charge in [-0.05, 0) is 60.7 Å². The highest BCUT2D eigenvalue weighted by atomic mass is 32.2. The monoisotopic (exact) mass is 652 g/mol. The van der Waals surface area contributed by atoms with Crippen LogP contribution in [0.1, 0.15) is 40.4 Å². The van der Waals surface area contributed by atoms with Crippen LogP contribution in [-0.4, -0.2) is 60.3 Å². The second kappa shape index (κ2) is 12.5. The Kier molecular flexibility index (Phi) is 8.08. The van der Waals surface area contributed by atoms with Crippen LogP contribution in [0, 0.1) is 10.1 Å². The molecule has 0 saturated carbocycles. The van der Waals surface area contributed by atoms with E-state index in [-0.39, 0.29) is 11.3 Å². The number of aromatic nitrogens is 2. The Morgan fingerprint density at radius 1 is 1.00 bits per heavy atom. The number of carbonyl (C=O) groups excluding carboxylic acids is 1. The molecule has 3 heterocycles. The molecule has 240 valence electrons. The van der Waals surface area contributed by atoms with Gasteiger partial charge in [-0.1, -0.05) is 30.3 Å². The number of fused-ring (bicyclic) bond motifs is 2. The molecule has 1 saturated heterocycles. The van der Waals surface area contributed by atoms with Gasteiger partial charge in [0.25, 0.3) is 21.6 Å². The number of aryl methyl sites for hydroxylation is 1. The number of nitro groups is 1. The maximum absolute atomic E-state index is 13.5. The van der Waals surface area contributed by atoms with Crippen LogP contribution in [0.2, 0.25) is 0 Å². The van der Waals surface area contributed by atoms with Gasteiger partial charge in [0.05, 0.1) is 21.6 Å². The minimum absolute atomic E-state index is 0.0191. The Labute approximate surface area is 271 Å². The van der Waals surface area contributed by atoms with Gasteiger partial charge in [-0.15, -0.1) is 0 Å². The number of carbonyl (C=O) groups is 1. The number of nitrogens with one attached hydrogen (secondary N) is 2. The van der Waals surface area contributed by atoms with Crippen LogP contribution >= 0.6 is 0 Å². The van der Waals surface area contributed by atoms with Gasteiger partial charge < -0.3 is 14.6 Å². The molecule has 3 aromatic carbocycles. The Bertz CT molecular complexity index is 2090. The third-order valence-electron chi connectivity index (χ3n) is 8.84. The van der Waals surface area contributed by atoms with Crippen molar-refractivity contribution < 1.29 is 22.9 Å². The number of ether oxygens (including phenoxy) is 1. The summed E-state index contributed by atoms with van der Waals surface area (Å²) in [4.78, 5) is 35.8. The average molecular weight is 653 g/mol. The molecule has 0 radical (unpaired) electrons. The van der Waals surface area contributed by atoms with Crippen LogP contribution in [0.15, 0.2) is 96.2 Å². The minimum Gasteiger partial charge on any atom is -0.455 e. The van der Waals surface area contributed by atoms with Gasteiger partial charge >= 0.3 is 0 Å². The number of nitro benzene ring substituents is 1. The van der Waals surface area contributed by atoms with Crippen LogP contribution < -0.4 is 14.4 Å². The largest absolute Gasteiger partial charge is 0.455 e. The first-order valence-corrected chi connectivity index (χ1v) is 16.9. The first-order valence-electron chi connectivity index (χ1n) is 15.4. The Morgan fingerprint density at radius 2 is 1.83 bits per heavy atom. The molecule has 2 N–H and O–H groups in total. The van der Waals surface area contributed by atoms with Gasteiger partial charge in [-0.3, -0.25) is 19.8 Å². The van der Waals surface area contributed by atoms with Crippen molar-refractivity contribution in [2.75, 3.05) is 31.1 Å². The van der Waals surface area contributed by atoms with Crippen molar-refractivity contribution in [1.29, 1.82) is 0 Å². The summed E-state index contributed by atoms with van der Waals surface area (Å²) in [7, 11) is -4.44. The molecule has 12 nitrogen and oxygen atoms in total. The lowest BCUT2D eigenvalue weighted by atomic mass is 9.86. The summed E-state index contributed by atoms with van der Waals surface area (Å²) in [5.41, 5.74) is 3.93. The zero-order valence-electron chi connectivity index (χ0n) is 25.3. The lowest BCUT2D eigenvalue weighted by Crippen LogP contribution is -2.48. The SMILES string of the molecule is O=C(NS(=O)(=O)c1cccc([N+](=O)[O-])c1)c1ccc(N2CCN([C@H]3CCCc4ccccc43)CC2)cc1Oc1cnc2[nH]ccc2c1. The molecule has 0 unspecified atom stereocenters. The van der Waals surface area contributed by atoms with Crippen molar-refractivity contribution in [1.82, 2.24) is 19.6 Å². The highest BCUT2D eigenvalue weighted by Gasteiger charge is 2.29. The Hall–Kier alpha value is -5.27. The number of hydrogen-bond donors (Lipinski definition) is 2. The second-order valence-corrected chi connectivity index (χ2v) is 13.4. The fraction of sp³-hybridized carbons (Fsp3) is 0.235. The van der Waals surface area contributed by atoms with Gasteiger partial charge in [-0.2, -0.15) is 0 Å². The number of sulfonamides is 1. The second-order valence-electron chi connectivity index (χ2n) is 11.7. The van der Waals surface area contributed by atoms with E-state index in [4.69, 9.17) is 4.74 Å². The number of anilines is 1. The number of amides is 1. The molecule has 1 fully saturated rings. The molecule has 1 amide bonds. The van der Waals surface area contributed by atoms with Crippen molar-refractivity contribution in [3.63, 3.8) is 0 Å². The van der Waals surface area contributed by atoms with E-state index in [2.05, 4.69) is 44.0 Å². The fourth-order valence-electron chi connectivity index (χ4n) is 6.48. The lowest BCUT2D eigenvalue weighted by molar-refractivity contribution is -0.385. The first-order chi connectivity index (χ1) is 22.7. The van der Waals surface area contributed by atoms with Crippen molar-refractivity contribution in [2.45, 2.75) is 30.2 Å². The van der Waals surface area contributed by atoms with Crippen molar-refractivity contribution in [2.24, 2.45) is 0 Å². The molecule has 0 bridgehead atoms. The summed E-state index contributed by atoms with van der Waals surface area (Å²) < 4.78 is 34.5. The van der Waals surface area contributed by atoms with E-state index < -0.39 is 31.4 Å². The standard InChI is InChI=1S/C34H32N6O6S/c41-34(37-47(44,45)28-8-4-7-26(20-28)40(42)43)30-12-11-25(21-32(30)46-27-19-24-13-14-35-33(24)36-22-27)38-15-17-39(18-16-38)31-10-3-6-23-5-1-2-9-29(23)31/h1-2,4-5,7-9,11-14,19-22,31H,3,6,10,15-18H2,(H,35,36)(H,37,41)/t31-/m0/s1. The average Bonchev–Trinajstić information content (AvgIpc) is 3.56. The normalized spacial score (nSPS) is 16.9.